The molecule has 0 radical (unpaired) electrons. The van der Waals surface area contributed by atoms with Crippen molar-refractivity contribution in [2.75, 3.05) is 11.4 Å². The predicted molar refractivity (Wildman–Crippen MR) is 183 cm³/mol. The van der Waals surface area contributed by atoms with E-state index in [9.17, 15) is 24.6 Å². The Balaban J connectivity index is 1.28. The molecule has 0 spiro atoms. The Labute approximate surface area is 292 Å². The molecular formula is C40H32ClFN2O6. The molecule has 10 heteroatoms. The number of hydrogen-bond donors (Lipinski definition) is 2. The van der Waals surface area contributed by atoms with E-state index in [0.717, 1.165) is 10.5 Å². The summed E-state index contributed by atoms with van der Waals surface area (Å²) < 4.78 is 15.2. The second-order valence-corrected chi connectivity index (χ2v) is 14.0. The molecule has 8 nitrogen and oxygen atoms in total. The van der Waals surface area contributed by atoms with Gasteiger partial charge in [-0.2, -0.15) is 0 Å². The molecule has 50 heavy (non-hydrogen) atoms. The third-order valence-electron chi connectivity index (χ3n) is 11.1. The first-order valence-electron chi connectivity index (χ1n) is 16.6. The van der Waals surface area contributed by atoms with E-state index in [1.807, 2.05) is 12.1 Å². The zero-order valence-electron chi connectivity index (χ0n) is 26.7. The van der Waals surface area contributed by atoms with Crippen LogP contribution in [0.4, 0.5) is 10.1 Å². The van der Waals surface area contributed by atoms with Gasteiger partial charge in [-0.3, -0.25) is 24.1 Å². The SMILES string of the molecule is O=C1C2CC=C3C(CC4C(=O)N(c5cccc(Cl)c5)C(=O)C4(c4ccccc4)C3c3ccc(O)c(F)c3)C2C(=O)N1CCc1ccc(O)cc1. The lowest BCUT2D eigenvalue weighted by molar-refractivity contribution is -0.140. The minimum atomic E-state index is -1.54. The third kappa shape index (κ3) is 4.70. The van der Waals surface area contributed by atoms with Crippen LogP contribution in [0, 0.1) is 29.5 Å². The molecule has 4 amide bonds. The number of amides is 4. The standard InChI is InChI=1S/C40H32ClFN2O6/c41-25-7-4-8-26(20-25)44-37(48)31-21-30-28(14-15-29-34(30)38(49)43(36(29)47)18-17-22-9-12-27(45)13-10-22)35(23-11-16-33(46)32(42)19-23)40(31,39(44)50)24-5-2-1-3-6-24/h1-14,16,19-20,29-31,34-35,45-46H,15,17-18,21H2. The van der Waals surface area contributed by atoms with Crippen molar-refractivity contribution in [1.29, 1.82) is 0 Å². The van der Waals surface area contributed by atoms with Crippen LogP contribution in [0.25, 0.3) is 0 Å². The zero-order chi connectivity index (χ0) is 34.9. The molecule has 0 bridgehead atoms. The molecule has 8 rings (SSSR count). The molecule has 2 aliphatic carbocycles. The number of nitrogens with zero attached hydrogens (tertiary/aromatic N) is 2. The Morgan fingerprint density at radius 2 is 1.58 bits per heavy atom. The van der Waals surface area contributed by atoms with Gasteiger partial charge < -0.3 is 10.2 Å². The molecule has 252 valence electrons. The number of hydrogen-bond acceptors (Lipinski definition) is 6. The Kier molecular flexibility index (Phi) is 7.64. The van der Waals surface area contributed by atoms with E-state index >= 15 is 9.18 Å². The first-order valence-corrected chi connectivity index (χ1v) is 17.0. The van der Waals surface area contributed by atoms with E-state index in [1.165, 1.54) is 17.0 Å². The van der Waals surface area contributed by atoms with Gasteiger partial charge >= 0.3 is 0 Å². The van der Waals surface area contributed by atoms with Crippen LogP contribution in [0.1, 0.15) is 35.4 Å². The van der Waals surface area contributed by atoms with Crippen molar-refractivity contribution in [1.82, 2.24) is 4.90 Å². The molecule has 3 fully saturated rings. The molecule has 0 aromatic heterocycles. The van der Waals surface area contributed by atoms with Crippen LogP contribution >= 0.6 is 11.6 Å². The van der Waals surface area contributed by atoms with Crippen molar-refractivity contribution in [2.45, 2.75) is 30.6 Å². The van der Waals surface area contributed by atoms with E-state index in [4.69, 9.17) is 11.6 Å². The maximum atomic E-state index is 15.2. The van der Waals surface area contributed by atoms with Crippen molar-refractivity contribution >= 4 is 40.9 Å². The predicted octanol–water partition coefficient (Wildman–Crippen LogP) is 6.30. The Morgan fingerprint density at radius 3 is 2.30 bits per heavy atom. The molecule has 4 aromatic rings. The van der Waals surface area contributed by atoms with E-state index < -0.39 is 58.4 Å². The number of carbonyl (C=O) groups is 4. The molecule has 1 saturated carbocycles. The van der Waals surface area contributed by atoms with Gasteiger partial charge in [0.1, 0.15) is 5.75 Å². The summed E-state index contributed by atoms with van der Waals surface area (Å²) in [5.74, 6) is -6.79. The molecule has 6 unspecified atom stereocenters. The van der Waals surface area contributed by atoms with Gasteiger partial charge in [0.15, 0.2) is 11.6 Å². The molecule has 2 N–H and O–H groups in total. The highest BCUT2D eigenvalue weighted by Crippen LogP contribution is 2.64. The van der Waals surface area contributed by atoms with Crippen LogP contribution in [-0.4, -0.2) is 45.3 Å². The molecule has 2 saturated heterocycles. The van der Waals surface area contributed by atoms with Crippen LogP contribution < -0.4 is 4.90 Å². The zero-order valence-corrected chi connectivity index (χ0v) is 27.5. The maximum absolute atomic E-state index is 15.2. The lowest BCUT2D eigenvalue weighted by atomic mass is 9.49. The van der Waals surface area contributed by atoms with Gasteiger partial charge in [-0.05, 0) is 84.3 Å². The monoisotopic (exact) mass is 690 g/mol. The summed E-state index contributed by atoms with van der Waals surface area (Å²) >= 11 is 6.35. The van der Waals surface area contributed by atoms with E-state index in [0.29, 0.717) is 33.8 Å². The number of phenols is 2. The summed E-state index contributed by atoms with van der Waals surface area (Å²) in [5.41, 5.74) is 1.26. The van der Waals surface area contributed by atoms with Gasteiger partial charge in [-0.15, -0.1) is 0 Å². The largest absolute Gasteiger partial charge is 0.508 e. The number of carbonyl (C=O) groups excluding carboxylic acids is 4. The Bertz CT molecular complexity index is 2100. The van der Waals surface area contributed by atoms with E-state index in [-0.39, 0.29) is 37.0 Å². The average Bonchev–Trinajstić information content (AvgIpc) is 3.50. The quantitative estimate of drug-likeness (QED) is 0.181. The van der Waals surface area contributed by atoms with Crippen molar-refractivity contribution < 1.29 is 33.8 Å². The number of rotatable bonds is 6. The van der Waals surface area contributed by atoms with Crippen molar-refractivity contribution in [3.05, 3.63) is 136 Å². The first-order chi connectivity index (χ1) is 24.1. The van der Waals surface area contributed by atoms with Crippen molar-refractivity contribution in [3.8, 4) is 11.5 Å². The van der Waals surface area contributed by atoms with Gasteiger partial charge in [0, 0.05) is 17.5 Å². The first kappa shape index (κ1) is 32.0. The summed E-state index contributed by atoms with van der Waals surface area (Å²) in [6.45, 7) is 0.154. The topological polar surface area (TPSA) is 115 Å². The number of likely N-dealkylation sites (tertiary alicyclic amines) is 1. The van der Waals surface area contributed by atoms with Crippen LogP contribution in [0.2, 0.25) is 5.02 Å². The number of imide groups is 2. The summed E-state index contributed by atoms with van der Waals surface area (Å²) in [6, 6.07) is 26.1. The lowest BCUT2D eigenvalue weighted by Crippen LogP contribution is -2.53. The van der Waals surface area contributed by atoms with Crippen LogP contribution in [0.15, 0.2) is 109 Å². The molecule has 4 aliphatic rings. The summed E-state index contributed by atoms with van der Waals surface area (Å²) in [5, 5.41) is 20.2. The number of allylic oxidation sites excluding steroid dienone is 2. The second-order valence-electron chi connectivity index (χ2n) is 13.5. The smallest absolute Gasteiger partial charge is 0.246 e. The lowest BCUT2D eigenvalue weighted by Gasteiger charge is -2.50. The number of phenolic OH excluding ortho intramolecular Hbond substituents is 2. The minimum absolute atomic E-state index is 0.116. The number of aromatic hydroxyl groups is 2. The second kappa shape index (κ2) is 11.9. The van der Waals surface area contributed by atoms with Gasteiger partial charge in [0.05, 0.1) is 28.9 Å². The number of anilines is 1. The fourth-order valence-corrected chi connectivity index (χ4v) is 9.20. The maximum Gasteiger partial charge on any atom is 0.246 e. The van der Waals surface area contributed by atoms with E-state index in [1.54, 1.807) is 78.9 Å². The molecule has 2 aliphatic heterocycles. The highest BCUT2D eigenvalue weighted by atomic mass is 35.5. The van der Waals surface area contributed by atoms with E-state index in [2.05, 4.69) is 0 Å². The normalized spacial score (nSPS) is 27.2. The Hall–Kier alpha value is -5.28. The highest BCUT2D eigenvalue weighted by molar-refractivity contribution is 6.32. The van der Waals surface area contributed by atoms with Crippen molar-refractivity contribution in [3.63, 3.8) is 0 Å². The van der Waals surface area contributed by atoms with Gasteiger partial charge in [-0.25, -0.2) is 9.29 Å². The number of benzene rings is 4. The Morgan fingerprint density at radius 1 is 0.820 bits per heavy atom. The summed E-state index contributed by atoms with van der Waals surface area (Å²) in [4.78, 5) is 60.5. The van der Waals surface area contributed by atoms with Gasteiger partial charge in [-0.1, -0.05) is 77.8 Å². The molecule has 6 atom stereocenters. The number of fused-ring (bicyclic) bond motifs is 4. The van der Waals surface area contributed by atoms with Crippen LogP contribution in [0.3, 0.4) is 0 Å². The van der Waals surface area contributed by atoms with Crippen molar-refractivity contribution in [2.24, 2.45) is 23.7 Å². The fraction of sp³-hybridized carbons (Fsp3) is 0.250. The molecule has 2 heterocycles. The third-order valence-corrected chi connectivity index (χ3v) is 11.4. The molecular weight excluding hydrogens is 659 g/mol. The highest BCUT2D eigenvalue weighted by Gasteiger charge is 2.70. The van der Waals surface area contributed by atoms with Gasteiger partial charge in [0.2, 0.25) is 23.6 Å². The number of halogens is 2. The summed E-state index contributed by atoms with van der Waals surface area (Å²) in [7, 11) is 0. The minimum Gasteiger partial charge on any atom is -0.508 e. The molecule has 4 aromatic carbocycles. The van der Waals surface area contributed by atoms with Crippen LogP contribution in [-0.2, 0) is 31.0 Å². The summed E-state index contributed by atoms with van der Waals surface area (Å²) in [6.07, 6.45) is 2.67. The van der Waals surface area contributed by atoms with Crippen LogP contribution in [0.5, 0.6) is 11.5 Å². The van der Waals surface area contributed by atoms with Gasteiger partial charge in [0.25, 0.3) is 0 Å². The average molecular weight is 691 g/mol. The fourth-order valence-electron chi connectivity index (χ4n) is 9.01.